The summed E-state index contributed by atoms with van der Waals surface area (Å²) in [5.41, 5.74) is 0. The number of hydrogen-bond donors (Lipinski definition) is 1. The number of benzene rings is 1. The summed E-state index contributed by atoms with van der Waals surface area (Å²) < 4.78 is 10.5. The van der Waals surface area contributed by atoms with Gasteiger partial charge in [0.15, 0.2) is 5.82 Å². The van der Waals surface area contributed by atoms with Crippen LogP contribution < -0.4 is 9.47 Å². The van der Waals surface area contributed by atoms with Crippen molar-refractivity contribution in [3.05, 3.63) is 30.1 Å². The normalized spacial score (nSPS) is 10.1. The zero-order chi connectivity index (χ0) is 11.2. The van der Waals surface area contributed by atoms with Crippen molar-refractivity contribution in [2.45, 2.75) is 6.42 Å². The maximum absolute atomic E-state index is 5.50. The molecule has 0 saturated carbocycles. The maximum atomic E-state index is 5.50. The Kier molecular flexibility index (Phi) is 3.32. The number of rotatable bonds is 5. The van der Waals surface area contributed by atoms with E-state index >= 15 is 0 Å². The van der Waals surface area contributed by atoms with Crippen LogP contribution in [-0.2, 0) is 6.42 Å². The van der Waals surface area contributed by atoms with Crippen LogP contribution >= 0.6 is 0 Å². The minimum atomic E-state index is 0.520. The summed E-state index contributed by atoms with van der Waals surface area (Å²) in [5, 5.41) is 13.5. The molecule has 0 aliphatic carbocycles. The summed E-state index contributed by atoms with van der Waals surface area (Å²) in [5.74, 6) is 2.25. The molecule has 84 valence electrons. The van der Waals surface area contributed by atoms with Gasteiger partial charge in [-0.1, -0.05) is 5.21 Å². The van der Waals surface area contributed by atoms with Gasteiger partial charge >= 0.3 is 0 Å². The molecule has 1 aromatic heterocycles. The Balaban J connectivity index is 1.81. The molecular formula is C10H12N4O2. The Labute approximate surface area is 92.6 Å². The third-order valence-electron chi connectivity index (χ3n) is 2.04. The van der Waals surface area contributed by atoms with E-state index in [4.69, 9.17) is 9.47 Å². The number of nitrogens with zero attached hydrogens (tertiary/aromatic N) is 3. The van der Waals surface area contributed by atoms with E-state index in [1.807, 2.05) is 24.3 Å². The molecule has 1 heterocycles. The molecule has 6 nitrogen and oxygen atoms in total. The number of H-pyrrole nitrogens is 1. The molecule has 0 bridgehead atoms. The number of aromatic amines is 1. The molecule has 1 aromatic carbocycles. The molecule has 0 aliphatic rings. The monoisotopic (exact) mass is 220 g/mol. The molecular weight excluding hydrogens is 208 g/mol. The van der Waals surface area contributed by atoms with E-state index < -0.39 is 0 Å². The lowest BCUT2D eigenvalue weighted by atomic mass is 10.3. The van der Waals surface area contributed by atoms with Crippen molar-refractivity contribution in [2.75, 3.05) is 13.7 Å². The first kappa shape index (κ1) is 10.4. The highest BCUT2D eigenvalue weighted by Gasteiger charge is 1.99. The summed E-state index contributed by atoms with van der Waals surface area (Å²) in [7, 11) is 1.63. The molecule has 0 saturated heterocycles. The second-order valence-corrected chi connectivity index (χ2v) is 3.10. The van der Waals surface area contributed by atoms with Gasteiger partial charge in [-0.25, -0.2) is 0 Å². The maximum Gasteiger partial charge on any atom is 0.177 e. The molecule has 6 heteroatoms. The van der Waals surface area contributed by atoms with Gasteiger partial charge in [-0.15, -0.1) is 10.2 Å². The first-order valence-electron chi connectivity index (χ1n) is 4.87. The van der Waals surface area contributed by atoms with E-state index in [0.717, 1.165) is 11.5 Å². The smallest absolute Gasteiger partial charge is 0.177 e. The third-order valence-corrected chi connectivity index (χ3v) is 2.04. The van der Waals surface area contributed by atoms with Crippen LogP contribution in [0.4, 0.5) is 0 Å². The molecule has 0 aliphatic heterocycles. The predicted molar refractivity (Wildman–Crippen MR) is 56.4 cm³/mol. The number of hydrogen-bond acceptors (Lipinski definition) is 5. The minimum absolute atomic E-state index is 0.520. The van der Waals surface area contributed by atoms with Crippen molar-refractivity contribution in [3.8, 4) is 11.5 Å². The molecule has 1 N–H and O–H groups in total. The lowest BCUT2D eigenvalue weighted by Crippen LogP contribution is -2.02. The highest BCUT2D eigenvalue weighted by Crippen LogP contribution is 2.16. The number of nitrogens with one attached hydrogen (secondary N) is 1. The van der Waals surface area contributed by atoms with Crippen LogP contribution in [0.2, 0.25) is 0 Å². The SMILES string of the molecule is COc1ccc(OCCc2nn[nH]n2)cc1. The third kappa shape index (κ3) is 2.69. The van der Waals surface area contributed by atoms with Crippen molar-refractivity contribution in [1.29, 1.82) is 0 Å². The summed E-state index contributed by atoms with van der Waals surface area (Å²) >= 11 is 0. The van der Waals surface area contributed by atoms with E-state index in [1.54, 1.807) is 7.11 Å². The quantitative estimate of drug-likeness (QED) is 0.807. The molecule has 0 amide bonds. The van der Waals surface area contributed by atoms with Crippen molar-refractivity contribution < 1.29 is 9.47 Å². The van der Waals surface area contributed by atoms with Gasteiger partial charge in [0.05, 0.1) is 13.7 Å². The van der Waals surface area contributed by atoms with Gasteiger partial charge in [-0.2, -0.15) is 5.21 Å². The Morgan fingerprint density at radius 2 is 1.94 bits per heavy atom. The van der Waals surface area contributed by atoms with E-state index in [0.29, 0.717) is 18.9 Å². The second kappa shape index (κ2) is 5.11. The fraction of sp³-hybridized carbons (Fsp3) is 0.300. The Hall–Kier alpha value is -2.11. The number of ether oxygens (including phenoxy) is 2. The van der Waals surface area contributed by atoms with Crippen LogP contribution in [0.25, 0.3) is 0 Å². The van der Waals surface area contributed by atoms with E-state index in [-0.39, 0.29) is 0 Å². The Morgan fingerprint density at radius 3 is 2.56 bits per heavy atom. The molecule has 0 fully saturated rings. The summed E-state index contributed by atoms with van der Waals surface area (Å²) in [6, 6.07) is 7.41. The summed E-state index contributed by atoms with van der Waals surface area (Å²) in [6.07, 6.45) is 0.628. The molecule has 0 spiro atoms. The van der Waals surface area contributed by atoms with Gasteiger partial charge in [-0.05, 0) is 24.3 Å². The van der Waals surface area contributed by atoms with Gasteiger partial charge in [0, 0.05) is 6.42 Å². The summed E-state index contributed by atoms with van der Waals surface area (Å²) in [6.45, 7) is 0.520. The average molecular weight is 220 g/mol. The molecule has 2 rings (SSSR count). The molecule has 2 aromatic rings. The lowest BCUT2D eigenvalue weighted by molar-refractivity contribution is 0.318. The molecule has 0 unspecified atom stereocenters. The highest BCUT2D eigenvalue weighted by molar-refractivity contribution is 5.31. The van der Waals surface area contributed by atoms with Crippen molar-refractivity contribution in [1.82, 2.24) is 20.6 Å². The van der Waals surface area contributed by atoms with Gasteiger partial charge in [-0.3, -0.25) is 0 Å². The predicted octanol–water partition coefficient (Wildman–Crippen LogP) is 0.830. The average Bonchev–Trinajstić information content (AvgIpc) is 2.83. The minimum Gasteiger partial charge on any atom is -0.497 e. The first-order valence-corrected chi connectivity index (χ1v) is 4.87. The largest absolute Gasteiger partial charge is 0.497 e. The number of tetrazole rings is 1. The molecule has 16 heavy (non-hydrogen) atoms. The standard InChI is InChI=1S/C10H12N4O2/c1-15-8-2-4-9(5-3-8)16-7-6-10-11-13-14-12-10/h2-5H,6-7H2,1H3,(H,11,12,13,14). The van der Waals surface area contributed by atoms with Gasteiger partial charge in [0.2, 0.25) is 0 Å². The van der Waals surface area contributed by atoms with Crippen LogP contribution in [0.3, 0.4) is 0 Å². The van der Waals surface area contributed by atoms with Crippen LogP contribution in [0.1, 0.15) is 5.82 Å². The van der Waals surface area contributed by atoms with Crippen LogP contribution in [0.15, 0.2) is 24.3 Å². The van der Waals surface area contributed by atoms with Crippen molar-refractivity contribution in [3.63, 3.8) is 0 Å². The topological polar surface area (TPSA) is 72.9 Å². The fourth-order valence-corrected chi connectivity index (χ4v) is 1.22. The Morgan fingerprint density at radius 1 is 1.19 bits per heavy atom. The first-order chi connectivity index (χ1) is 7.88. The van der Waals surface area contributed by atoms with Crippen LogP contribution in [-0.4, -0.2) is 34.3 Å². The van der Waals surface area contributed by atoms with Crippen LogP contribution in [0.5, 0.6) is 11.5 Å². The molecule has 0 atom stereocenters. The van der Waals surface area contributed by atoms with Crippen LogP contribution in [0, 0.1) is 0 Å². The van der Waals surface area contributed by atoms with E-state index in [2.05, 4.69) is 20.6 Å². The molecule has 0 radical (unpaired) electrons. The lowest BCUT2D eigenvalue weighted by Gasteiger charge is -2.05. The second-order valence-electron chi connectivity index (χ2n) is 3.10. The zero-order valence-corrected chi connectivity index (χ0v) is 8.88. The van der Waals surface area contributed by atoms with Gasteiger partial charge < -0.3 is 9.47 Å². The summed E-state index contributed by atoms with van der Waals surface area (Å²) in [4.78, 5) is 0. The van der Waals surface area contributed by atoms with Crippen molar-refractivity contribution >= 4 is 0 Å². The highest BCUT2D eigenvalue weighted by atomic mass is 16.5. The van der Waals surface area contributed by atoms with Gasteiger partial charge in [0.25, 0.3) is 0 Å². The number of aromatic nitrogens is 4. The van der Waals surface area contributed by atoms with Gasteiger partial charge in [0.1, 0.15) is 11.5 Å². The van der Waals surface area contributed by atoms with E-state index in [9.17, 15) is 0 Å². The van der Waals surface area contributed by atoms with E-state index in [1.165, 1.54) is 0 Å². The zero-order valence-electron chi connectivity index (χ0n) is 8.88. The Bertz CT molecular complexity index is 413. The number of methoxy groups -OCH3 is 1. The van der Waals surface area contributed by atoms with Crippen molar-refractivity contribution in [2.24, 2.45) is 0 Å². The fourth-order valence-electron chi connectivity index (χ4n) is 1.22.